The fraction of sp³-hybridized carbons (Fsp3) is 0.357. The molecule has 0 bridgehead atoms. The van der Waals surface area contributed by atoms with Crippen molar-refractivity contribution in [1.29, 1.82) is 0 Å². The highest BCUT2D eigenvalue weighted by Crippen LogP contribution is 2.25. The minimum absolute atomic E-state index is 0.0361. The van der Waals surface area contributed by atoms with E-state index in [0.29, 0.717) is 52.9 Å². The van der Waals surface area contributed by atoms with Crippen LogP contribution < -0.4 is 0 Å². The lowest BCUT2D eigenvalue weighted by Crippen LogP contribution is -2.07. The summed E-state index contributed by atoms with van der Waals surface area (Å²) in [4.78, 5) is 0. The second kappa shape index (κ2) is 15.3. The van der Waals surface area contributed by atoms with Gasteiger partial charge in [-0.3, -0.25) is 0 Å². The van der Waals surface area contributed by atoms with Crippen LogP contribution in [-0.2, 0) is 32.2 Å². The van der Waals surface area contributed by atoms with E-state index in [-0.39, 0.29) is 13.2 Å². The monoisotopic (exact) mass is 466 g/mol. The van der Waals surface area contributed by atoms with Crippen molar-refractivity contribution in [3.63, 3.8) is 0 Å². The zero-order valence-corrected chi connectivity index (χ0v) is 19.5. The van der Waals surface area contributed by atoms with Gasteiger partial charge >= 0.3 is 0 Å². The van der Waals surface area contributed by atoms with E-state index >= 15 is 0 Å². The van der Waals surface area contributed by atoms with E-state index in [1.165, 1.54) is 11.1 Å². The van der Waals surface area contributed by atoms with E-state index in [1.807, 2.05) is 0 Å². The van der Waals surface area contributed by atoms with Crippen molar-refractivity contribution in [2.75, 3.05) is 52.9 Å². The second-order valence-electron chi connectivity index (χ2n) is 7.75. The van der Waals surface area contributed by atoms with Gasteiger partial charge in [-0.15, -0.1) is 0 Å². The quantitative estimate of drug-likeness (QED) is 0.310. The van der Waals surface area contributed by atoms with Crippen molar-refractivity contribution in [3.05, 3.63) is 83.9 Å². The molecule has 0 aliphatic rings. The highest BCUT2D eigenvalue weighted by molar-refractivity contribution is 5.70. The summed E-state index contributed by atoms with van der Waals surface area (Å²) in [6.45, 7) is 3.85. The molecule has 0 spiro atoms. The molecule has 0 amide bonds. The van der Waals surface area contributed by atoms with E-state index in [4.69, 9.17) is 29.2 Å². The number of ether oxygens (including phenoxy) is 4. The molecule has 6 nitrogen and oxygen atoms in total. The van der Waals surface area contributed by atoms with Crippen molar-refractivity contribution in [2.45, 2.75) is 13.2 Å². The van der Waals surface area contributed by atoms with E-state index in [1.54, 1.807) is 0 Å². The van der Waals surface area contributed by atoms with Crippen LogP contribution in [0.5, 0.6) is 0 Å². The van der Waals surface area contributed by atoms with Gasteiger partial charge in [-0.2, -0.15) is 0 Å². The van der Waals surface area contributed by atoms with Crippen LogP contribution in [-0.4, -0.2) is 63.1 Å². The van der Waals surface area contributed by atoms with Gasteiger partial charge in [-0.25, -0.2) is 0 Å². The number of aliphatic hydroxyl groups is 2. The summed E-state index contributed by atoms with van der Waals surface area (Å²) < 4.78 is 21.6. The first kappa shape index (κ1) is 26.0. The average molecular weight is 467 g/mol. The normalized spacial score (nSPS) is 11.1. The van der Waals surface area contributed by atoms with Crippen LogP contribution in [0.15, 0.2) is 72.8 Å². The van der Waals surface area contributed by atoms with Gasteiger partial charge in [0.25, 0.3) is 0 Å². The Morgan fingerprint density at radius 3 is 1.00 bits per heavy atom. The fourth-order valence-electron chi connectivity index (χ4n) is 3.39. The molecule has 3 rings (SSSR count). The van der Waals surface area contributed by atoms with Crippen molar-refractivity contribution in [2.24, 2.45) is 0 Å². The Hall–Kier alpha value is -2.58. The van der Waals surface area contributed by atoms with Gasteiger partial charge in [0.1, 0.15) is 0 Å². The number of rotatable bonds is 16. The molecule has 0 unspecified atom stereocenters. The predicted octanol–water partition coefficient (Wildman–Crippen LogP) is 4.07. The molecule has 6 heteroatoms. The first-order valence-electron chi connectivity index (χ1n) is 11.6. The molecule has 0 radical (unpaired) electrons. The molecule has 0 aliphatic carbocycles. The molecule has 0 aliphatic heterocycles. The van der Waals surface area contributed by atoms with Gasteiger partial charge in [-0.1, -0.05) is 72.8 Å². The van der Waals surface area contributed by atoms with Crippen LogP contribution >= 0.6 is 0 Å². The van der Waals surface area contributed by atoms with Gasteiger partial charge in [0, 0.05) is 0 Å². The predicted molar refractivity (Wildman–Crippen MR) is 132 cm³/mol. The number of hydrogen-bond acceptors (Lipinski definition) is 6. The van der Waals surface area contributed by atoms with Gasteiger partial charge in [0.05, 0.1) is 66.1 Å². The molecule has 3 aromatic carbocycles. The summed E-state index contributed by atoms with van der Waals surface area (Å²) in [7, 11) is 0. The summed E-state index contributed by atoms with van der Waals surface area (Å²) in [6.07, 6.45) is 0. The summed E-state index contributed by atoms with van der Waals surface area (Å²) in [5.41, 5.74) is 6.90. The molecule has 0 aromatic heterocycles. The molecule has 0 heterocycles. The lowest BCUT2D eigenvalue weighted by atomic mass is 9.99. The van der Waals surface area contributed by atoms with Crippen LogP contribution in [0.2, 0.25) is 0 Å². The van der Waals surface area contributed by atoms with Gasteiger partial charge in [0.2, 0.25) is 0 Å². The molecule has 34 heavy (non-hydrogen) atoms. The molecule has 0 saturated heterocycles. The van der Waals surface area contributed by atoms with Crippen LogP contribution in [0.4, 0.5) is 0 Å². The van der Waals surface area contributed by atoms with Crippen LogP contribution in [0.1, 0.15) is 11.1 Å². The van der Waals surface area contributed by atoms with Gasteiger partial charge in [-0.05, 0) is 33.4 Å². The SMILES string of the molecule is OCCOCCOCc1ccc(-c2ccc(-c3ccc(COCCOCCO)cc3)cc2)cc1. The van der Waals surface area contributed by atoms with Crippen LogP contribution in [0.3, 0.4) is 0 Å². The molecule has 3 aromatic rings. The Labute approximate surface area is 201 Å². The first-order valence-corrected chi connectivity index (χ1v) is 11.6. The maximum atomic E-state index is 8.68. The Morgan fingerprint density at radius 2 is 0.676 bits per heavy atom. The van der Waals surface area contributed by atoms with Gasteiger partial charge in [0.15, 0.2) is 0 Å². The van der Waals surface area contributed by atoms with Gasteiger partial charge < -0.3 is 29.2 Å². The second-order valence-corrected chi connectivity index (χ2v) is 7.75. The van der Waals surface area contributed by atoms with Crippen LogP contribution in [0.25, 0.3) is 22.3 Å². The molecule has 2 N–H and O–H groups in total. The Bertz CT molecular complexity index is 844. The fourth-order valence-corrected chi connectivity index (χ4v) is 3.39. The summed E-state index contributed by atoms with van der Waals surface area (Å²) in [5, 5.41) is 17.4. The van der Waals surface area contributed by atoms with E-state index in [9.17, 15) is 0 Å². The zero-order valence-electron chi connectivity index (χ0n) is 19.5. The Morgan fingerprint density at radius 1 is 0.382 bits per heavy atom. The summed E-state index contributed by atoms with van der Waals surface area (Å²) in [6, 6.07) is 25.3. The first-order chi connectivity index (χ1) is 16.8. The standard InChI is InChI=1S/C28H34O6/c29-13-15-31-17-19-33-21-23-1-5-25(6-2-23)27-9-11-28(12-10-27)26-7-3-24(4-8-26)22-34-20-18-32-16-14-30/h1-12,29-30H,13-22H2. The lowest BCUT2D eigenvalue weighted by Gasteiger charge is -2.09. The minimum atomic E-state index is 0.0361. The maximum Gasteiger partial charge on any atom is 0.0718 e. The largest absolute Gasteiger partial charge is 0.394 e. The van der Waals surface area contributed by atoms with Crippen molar-refractivity contribution < 1.29 is 29.2 Å². The third kappa shape index (κ3) is 8.99. The summed E-state index contributed by atoms with van der Waals surface area (Å²) in [5.74, 6) is 0. The Kier molecular flexibility index (Phi) is 11.8. The molecular formula is C28H34O6. The highest BCUT2D eigenvalue weighted by Gasteiger charge is 2.03. The van der Waals surface area contributed by atoms with E-state index < -0.39 is 0 Å². The third-order valence-electron chi connectivity index (χ3n) is 5.21. The lowest BCUT2D eigenvalue weighted by molar-refractivity contribution is 0.0274. The third-order valence-corrected chi connectivity index (χ3v) is 5.21. The smallest absolute Gasteiger partial charge is 0.0718 e. The zero-order chi connectivity index (χ0) is 23.8. The molecule has 182 valence electrons. The molecule has 0 atom stereocenters. The van der Waals surface area contributed by atoms with Crippen molar-refractivity contribution in [1.82, 2.24) is 0 Å². The van der Waals surface area contributed by atoms with Crippen LogP contribution in [0, 0.1) is 0 Å². The maximum absolute atomic E-state index is 8.68. The molecule has 0 saturated carbocycles. The average Bonchev–Trinajstić information content (AvgIpc) is 2.89. The number of aliphatic hydroxyl groups excluding tert-OH is 2. The highest BCUT2D eigenvalue weighted by atomic mass is 16.5. The summed E-state index contributed by atoms with van der Waals surface area (Å²) >= 11 is 0. The number of hydrogen-bond donors (Lipinski definition) is 2. The Balaban J connectivity index is 1.46. The molecular weight excluding hydrogens is 432 g/mol. The minimum Gasteiger partial charge on any atom is -0.394 e. The van der Waals surface area contributed by atoms with Crippen molar-refractivity contribution >= 4 is 0 Å². The van der Waals surface area contributed by atoms with E-state index in [2.05, 4.69) is 72.8 Å². The number of benzene rings is 3. The van der Waals surface area contributed by atoms with Crippen molar-refractivity contribution in [3.8, 4) is 22.3 Å². The topological polar surface area (TPSA) is 77.4 Å². The van der Waals surface area contributed by atoms with E-state index in [0.717, 1.165) is 22.3 Å². The molecule has 0 fully saturated rings.